The van der Waals surface area contributed by atoms with Gasteiger partial charge in [0.1, 0.15) is 6.61 Å². The molecule has 8 heteroatoms. The van der Waals surface area contributed by atoms with Crippen LogP contribution in [-0.4, -0.2) is 28.6 Å². The van der Waals surface area contributed by atoms with Crippen molar-refractivity contribution in [3.8, 4) is 0 Å². The number of benzene rings is 1. The first-order chi connectivity index (χ1) is 9.50. The van der Waals surface area contributed by atoms with E-state index in [2.05, 4.69) is 10.2 Å². The Labute approximate surface area is 114 Å². The van der Waals surface area contributed by atoms with Gasteiger partial charge in [-0.05, 0) is 18.1 Å². The van der Waals surface area contributed by atoms with E-state index in [1.807, 2.05) is 0 Å². The number of aliphatic carboxylic acids is 1. The normalized spacial score (nSPS) is 9.80. The molecular weight excluding hydrogens is 268 g/mol. The molecule has 1 rings (SSSR count). The summed E-state index contributed by atoms with van der Waals surface area (Å²) in [5.41, 5.74) is 0.657. The van der Waals surface area contributed by atoms with Gasteiger partial charge in [-0.2, -0.15) is 0 Å². The summed E-state index contributed by atoms with van der Waals surface area (Å²) in [7, 11) is 0. The Bertz CT molecular complexity index is 502. The highest BCUT2D eigenvalue weighted by Gasteiger charge is 2.11. The Hall–Kier alpha value is -2.64. The molecule has 1 aromatic rings. The fourth-order valence-electron chi connectivity index (χ4n) is 1.53. The quantitative estimate of drug-likeness (QED) is 0.417. The number of amides is 1. The molecule has 0 aromatic heterocycles. The second-order valence-electron chi connectivity index (χ2n) is 3.91. The van der Waals surface area contributed by atoms with Crippen molar-refractivity contribution < 1.29 is 24.6 Å². The number of carbonyl (C=O) groups excluding carboxylic acids is 1. The summed E-state index contributed by atoms with van der Waals surface area (Å²) in [6.45, 7) is -0.0960. The topological polar surface area (TPSA) is 119 Å². The first-order valence-corrected chi connectivity index (χ1v) is 5.86. The van der Waals surface area contributed by atoms with Gasteiger partial charge >= 0.3 is 5.97 Å². The molecule has 2 N–H and O–H groups in total. The van der Waals surface area contributed by atoms with Crippen LogP contribution in [0, 0.1) is 10.1 Å². The summed E-state index contributed by atoms with van der Waals surface area (Å²) < 4.78 is 0. The van der Waals surface area contributed by atoms with Gasteiger partial charge in [-0.3, -0.25) is 9.59 Å². The molecule has 0 unspecified atom stereocenters. The predicted octanol–water partition coefficient (Wildman–Crippen LogP) is 0.989. The zero-order chi connectivity index (χ0) is 15.0. The zero-order valence-corrected chi connectivity index (χ0v) is 10.6. The molecule has 0 saturated carbocycles. The van der Waals surface area contributed by atoms with Gasteiger partial charge < -0.3 is 15.3 Å². The van der Waals surface area contributed by atoms with E-state index in [0.29, 0.717) is 12.0 Å². The molecule has 0 atom stereocenters. The number of carboxylic acids is 1. The molecule has 0 aliphatic rings. The Morgan fingerprint density at radius 2 is 2.05 bits per heavy atom. The minimum atomic E-state index is -0.931. The van der Waals surface area contributed by atoms with Crippen molar-refractivity contribution in [3.05, 3.63) is 45.5 Å². The van der Waals surface area contributed by atoms with E-state index in [-0.39, 0.29) is 25.1 Å². The molecule has 0 spiro atoms. The van der Waals surface area contributed by atoms with Crippen LogP contribution in [0.25, 0.3) is 0 Å². The monoisotopic (exact) mass is 282 g/mol. The number of nitrogens with zero attached hydrogens (tertiary/aromatic N) is 1. The molecule has 108 valence electrons. The lowest BCUT2D eigenvalue weighted by atomic mass is 10.1. The van der Waals surface area contributed by atoms with Gasteiger partial charge in [0.25, 0.3) is 11.0 Å². The number of carboxylic acid groups (broad SMARTS) is 1. The van der Waals surface area contributed by atoms with Crippen LogP contribution in [0.1, 0.15) is 28.8 Å². The molecule has 0 aliphatic carbocycles. The third-order valence-corrected chi connectivity index (χ3v) is 2.44. The minimum Gasteiger partial charge on any atom is -0.481 e. The zero-order valence-electron chi connectivity index (χ0n) is 10.6. The SMILES string of the molecule is O=C(O)CCCNC(=O)c1ccccc1CO[N+](=O)[O-]. The Morgan fingerprint density at radius 3 is 2.70 bits per heavy atom. The second-order valence-corrected chi connectivity index (χ2v) is 3.91. The smallest absolute Gasteiger partial charge is 0.303 e. The van der Waals surface area contributed by atoms with E-state index >= 15 is 0 Å². The first-order valence-electron chi connectivity index (χ1n) is 5.86. The molecular formula is C12H14N2O6. The maximum Gasteiger partial charge on any atom is 0.303 e. The lowest BCUT2D eigenvalue weighted by molar-refractivity contribution is -0.763. The van der Waals surface area contributed by atoms with E-state index in [0.717, 1.165) is 0 Å². The number of hydrogen-bond donors (Lipinski definition) is 2. The van der Waals surface area contributed by atoms with Crippen molar-refractivity contribution in [1.29, 1.82) is 0 Å². The van der Waals surface area contributed by atoms with Crippen LogP contribution >= 0.6 is 0 Å². The molecule has 1 amide bonds. The molecule has 20 heavy (non-hydrogen) atoms. The van der Waals surface area contributed by atoms with Gasteiger partial charge in [0.15, 0.2) is 0 Å². The number of carbonyl (C=O) groups is 2. The summed E-state index contributed by atoms with van der Waals surface area (Å²) in [4.78, 5) is 36.6. The predicted molar refractivity (Wildman–Crippen MR) is 67.4 cm³/mol. The van der Waals surface area contributed by atoms with Crippen LogP contribution in [0.3, 0.4) is 0 Å². The van der Waals surface area contributed by atoms with E-state index in [1.165, 1.54) is 6.07 Å². The van der Waals surface area contributed by atoms with Crippen LogP contribution in [0.4, 0.5) is 0 Å². The average molecular weight is 282 g/mol. The van der Waals surface area contributed by atoms with Gasteiger partial charge in [-0.15, -0.1) is 10.1 Å². The van der Waals surface area contributed by atoms with Gasteiger partial charge in [0, 0.05) is 18.5 Å². The largest absolute Gasteiger partial charge is 0.481 e. The van der Waals surface area contributed by atoms with Crippen molar-refractivity contribution in [2.75, 3.05) is 6.54 Å². The van der Waals surface area contributed by atoms with Crippen LogP contribution < -0.4 is 5.32 Å². The number of rotatable bonds is 8. The van der Waals surface area contributed by atoms with Crippen LogP contribution in [0.15, 0.2) is 24.3 Å². The van der Waals surface area contributed by atoms with Gasteiger partial charge in [0.2, 0.25) is 0 Å². The highest BCUT2D eigenvalue weighted by molar-refractivity contribution is 5.95. The number of nitrogens with one attached hydrogen (secondary N) is 1. The molecule has 8 nitrogen and oxygen atoms in total. The molecule has 0 saturated heterocycles. The molecule has 0 heterocycles. The van der Waals surface area contributed by atoms with Crippen LogP contribution in [0.5, 0.6) is 0 Å². The summed E-state index contributed by atoms with van der Waals surface area (Å²) >= 11 is 0. The van der Waals surface area contributed by atoms with E-state index in [1.54, 1.807) is 18.2 Å². The maximum absolute atomic E-state index is 11.9. The summed E-state index contributed by atoms with van der Waals surface area (Å²) in [6.07, 6.45) is 0.279. The second kappa shape index (κ2) is 7.72. The molecule has 1 aromatic carbocycles. The minimum absolute atomic E-state index is 0.0354. The van der Waals surface area contributed by atoms with Gasteiger partial charge in [-0.25, -0.2) is 0 Å². The first kappa shape index (κ1) is 15.4. The third kappa shape index (κ3) is 5.34. The third-order valence-electron chi connectivity index (χ3n) is 2.44. The van der Waals surface area contributed by atoms with Crippen molar-refractivity contribution in [2.24, 2.45) is 0 Å². The van der Waals surface area contributed by atoms with E-state index in [4.69, 9.17) is 5.11 Å². The van der Waals surface area contributed by atoms with Crippen molar-refractivity contribution >= 4 is 11.9 Å². The van der Waals surface area contributed by atoms with Gasteiger partial charge in [0.05, 0.1) is 0 Å². The van der Waals surface area contributed by atoms with Crippen LogP contribution in [-0.2, 0) is 16.2 Å². The Kier molecular flexibility index (Phi) is 5.95. The van der Waals surface area contributed by atoms with Crippen molar-refractivity contribution in [2.45, 2.75) is 19.4 Å². The van der Waals surface area contributed by atoms with Crippen LogP contribution in [0.2, 0.25) is 0 Å². The van der Waals surface area contributed by atoms with E-state index in [9.17, 15) is 19.7 Å². The summed E-state index contributed by atoms with van der Waals surface area (Å²) in [5.74, 6) is -1.35. The highest BCUT2D eigenvalue weighted by Crippen LogP contribution is 2.10. The van der Waals surface area contributed by atoms with Gasteiger partial charge in [-0.1, -0.05) is 18.2 Å². The molecule has 0 aliphatic heterocycles. The number of hydrogen-bond acceptors (Lipinski definition) is 5. The van der Waals surface area contributed by atoms with Crippen molar-refractivity contribution in [3.63, 3.8) is 0 Å². The maximum atomic E-state index is 11.9. The van der Waals surface area contributed by atoms with Crippen molar-refractivity contribution in [1.82, 2.24) is 5.32 Å². The highest BCUT2D eigenvalue weighted by atomic mass is 16.9. The summed E-state index contributed by atoms with van der Waals surface area (Å²) in [5, 5.41) is 20.3. The molecule has 0 bridgehead atoms. The fraction of sp³-hybridized carbons (Fsp3) is 0.333. The average Bonchev–Trinajstić information content (AvgIpc) is 2.41. The standard InChI is InChI=1S/C12H14N2O6/c15-11(16)6-3-7-13-12(17)10-5-2-1-4-9(10)8-20-14(18)19/h1-2,4-5H,3,6-8H2,(H,13,17)(H,15,16). The summed E-state index contributed by atoms with van der Waals surface area (Å²) in [6, 6.07) is 6.34. The Balaban J connectivity index is 2.58. The molecule has 0 radical (unpaired) electrons. The lowest BCUT2D eigenvalue weighted by Gasteiger charge is -2.09. The molecule has 0 fully saturated rings. The lowest BCUT2D eigenvalue weighted by Crippen LogP contribution is -2.26. The van der Waals surface area contributed by atoms with E-state index < -0.39 is 17.0 Å². The fourth-order valence-corrected chi connectivity index (χ4v) is 1.53. The Morgan fingerprint density at radius 1 is 1.35 bits per heavy atom.